The minimum atomic E-state index is -3.42. The van der Waals surface area contributed by atoms with Gasteiger partial charge in [0.05, 0.1) is 4.90 Å². The van der Waals surface area contributed by atoms with Gasteiger partial charge in [-0.1, -0.05) is 29.8 Å². The molecule has 3 rings (SSSR count). The zero-order chi connectivity index (χ0) is 20.9. The molecule has 1 heterocycles. The van der Waals surface area contributed by atoms with Crippen LogP contribution in [-0.4, -0.2) is 38.4 Å². The number of aryl methyl sites for hydroxylation is 2. The first-order valence-electron chi connectivity index (χ1n) is 10.0. The molecule has 1 aliphatic rings. The van der Waals surface area contributed by atoms with Gasteiger partial charge in [-0.15, -0.1) is 0 Å². The highest BCUT2D eigenvalue weighted by molar-refractivity contribution is 7.89. The van der Waals surface area contributed by atoms with Gasteiger partial charge in [0.15, 0.2) is 0 Å². The van der Waals surface area contributed by atoms with Gasteiger partial charge in [0.2, 0.25) is 10.0 Å². The first-order valence-corrected chi connectivity index (χ1v) is 11.5. The summed E-state index contributed by atoms with van der Waals surface area (Å²) in [6.45, 7) is 5.55. The molecule has 1 saturated heterocycles. The Morgan fingerprint density at radius 3 is 2.38 bits per heavy atom. The van der Waals surface area contributed by atoms with Crippen molar-refractivity contribution >= 4 is 21.7 Å². The molecule has 2 aromatic rings. The number of urea groups is 1. The fourth-order valence-electron chi connectivity index (χ4n) is 3.59. The van der Waals surface area contributed by atoms with Gasteiger partial charge >= 0.3 is 6.03 Å². The summed E-state index contributed by atoms with van der Waals surface area (Å²) in [5.74, 6) is 0.415. The largest absolute Gasteiger partial charge is 0.338 e. The van der Waals surface area contributed by atoms with Gasteiger partial charge in [-0.25, -0.2) is 13.2 Å². The molecule has 0 radical (unpaired) electrons. The van der Waals surface area contributed by atoms with Crippen LogP contribution in [0.3, 0.4) is 0 Å². The summed E-state index contributed by atoms with van der Waals surface area (Å²) in [5, 5.41) is 5.72. The molecular weight excluding hydrogens is 386 g/mol. The van der Waals surface area contributed by atoms with E-state index in [0.717, 1.165) is 36.1 Å². The van der Waals surface area contributed by atoms with Gasteiger partial charge in [-0.3, -0.25) is 0 Å². The van der Waals surface area contributed by atoms with Crippen LogP contribution >= 0.6 is 0 Å². The molecule has 0 aromatic heterocycles. The zero-order valence-corrected chi connectivity index (χ0v) is 17.8. The summed E-state index contributed by atoms with van der Waals surface area (Å²) in [4.78, 5) is 12.4. The van der Waals surface area contributed by atoms with Crippen LogP contribution in [-0.2, 0) is 10.0 Å². The minimum absolute atomic E-state index is 0.213. The number of nitrogens with zero attached hydrogens (tertiary/aromatic N) is 1. The minimum Gasteiger partial charge on any atom is -0.338 e. The zero-order valence-electron chi connectivity index (χ0n) is 17.0. The molecule has 156 valence electrons. The highest BCUT2D eigenvalue weighted by atomic mass is 32.2. The predicted octanol–water partition coefficient (Wildman–Crippen LogP) is 3.92. The molecule has 7 heteroatoms. The van der Waals surface area contributed by atoms with Crippen molar-refractivity contribution in [3.8, 4) is 0 Å². The van der Waals surface area contributed by atoms with Crippen LogP contribution in [0.5, 0.6) is 0 Å². The molecule has 0 saturated carbocycles. The van der Waals surface area contributed by atoms with Crippen LogP contribution in [0.15, 0.2) is 53.4 Å². The highest BCUT2D eigenvalue weighted by Gasteiger charge is 2.29. The first kappa shape index (κ1) is 21.3. The summed E-state index contributed by atoms with van der Waals surface area (Å²) in [6.07, 6.45) is 2.47. The molecule has 0 bridgehead atoms. The molecule has 2 amide bonds. The van der Waals surface area contributed by atoms with Crippen LogP contribution in [0.2, 0.25) is 0 Å². The Morgan fingerprint density at radius 1 is 1.03 bits per heavy atom. The van der Waals surface area contributed by atoms with E-state index in [4.69, 9.17) is 0 Å². The van der Waals surface area contributed by atoms with Crippen molar-refractivity contribution in [2.75, 3.05) is 25.0 Å². The second-order valence-corrected chi connectivity index (χ2v) is 9.64. The van der Waals surface area contributed by atoms with Gasteiger partial charge in [-0.05, 0) is 68.9 Å². The van der Waals surface area contributed by atoms with Crippen LogP contribution in [0, 0.1) is 19.8 Å². The van der Waals surface area contributed by atoms with Gasteiger partial charge in [0, 0.05) is 25.3 Å². The number of carbonyl (C=O) groups is 1. The van der Waals surface area contributed by atoms with E-state index in [9.17, 15) is 13.2 Å². The van der Waals surface area contributed by atoms with Gasteiger partial charge in [0.1, 0.15) is 0 Å². The average Bonchev–Trinajstić information content (AvgIpc) is 2.69. The molecule has 1 aliphatic heterocycles. The van der Waals surface area contributed by atoms with Crippen molar-refractivity contribution in [1.29, 1.82) is 0 Å². The molecule has 0 atom stereocenters. The van der Waals surface area contributed by atoms with Gasteiger partial charge in [0.25, 0.3) is 0 Å². The van der Waals surface area contributed by atoms with E-state index in [1.165, 1.54) is 0 Å². The van der Waals surface area contributed by atoms with Gasteiger partial charge < -0.3 is 10.6 Å². The number of hydrogen-bond donors (Lipinski definition) is 2. The van der Waals surface area contributed by atoms with E-state index in [1.807, 2.05) is 50.2 Å². The second kappa shape index (κ2) is 9.41. The molecule has 2 aromatic carbocycles. The summed E-state index contributed by atoms with van der Waals surface area (Å²) < 4.78 is 27.1. The lowest BCUT2D eigenvalue weighted by atomic mass is 9.95. The third-order valence-electron chi connectivity index (χ3n) is 5.35. The van der Waals surface area contributed by atoms with Crippen LogP contribution in [0.25, 0.3) is 0 Å². The van der Waals surface area contributed by atoms with Crippen molar-refractivity contribution in [2.24, 2.45) is 5.92 Å². The predicted molar refractivity (Wildman–Crippen MR) is 115 cm³/mol. The standard InChI is InChI=1S/C22H29N3O3S/c1-17-6-8-21(9-7-17)29(27,28)25-14-11-19(12-15-25)10-13-23-22(26)24-20-5-3-4-18(2)16-20/h3-9,16,19H,10-15H2,1-2H3,(H2,23,24,26). The fraction of sp³-hybridized carbons (Fsp3) is 0.409. The quantitative estimate of drug-likeness (QED) is 0.751. The lowest BCUT2D eigenvalue weighted by Gasteiger charge is -2.31. The summed E-state index contributed by atoms with van der Waals surface area (Å²) in [7, 11) is -3.42. The Bertz CT molecular complexity index is 934. The maximum absolute atomic E-state index is 12.8. The first-order chi connectivity index (χ1) is 13.8. The Labute approximate surface area is 173 Å². The fourth-order valence-corrected chi connectivity index (χ4v) is 5.06. The average molecular weight is 416 g/mol. The molecule has 0 spiro atoms. The van der Waals surface area contributed by atoms with E-state index in [2.05, 4.69) is 10.6 Å². The molecule has 6 nitrogen and oxygen atoms in total. The Hall–Kier alpha value is -2.38. The molecule has 0 unspecified atom stereocenters. The van der Waals surface area contributed by atoms with Crippen molar-refractivity contribution in [1.82, 2.24) is 9.62 Å². The number of nitrogens with one attached hydrogen (secondary N) is 2. The summed E-state index contributed by atoms with van der Waals surface area (Å²) in [5.41, 5.74) is 2.91. The van der Waals surface area contributed by atoms with Crippen LogP contribution in [0.1, 0.15) is 30.4 Å². The van der Waals surface area contributed by atoms with E-state index in [1.54, 1.807) is 16.4 Å². The van der Waals surface area contributed by atoms with E-state index in [-0.39, 0.29) is 6.03 Å². The lowest BCUT2D eigenvalue weighted by molar-refractivity contribution is 0.245. The Balaban J connectivity index is 1.42. The topological polar surface area (TPSA) is 78.5 Å². The molecule has 29 heavy (non-hydrogen) atoms. The molecule has 2 N–H and O–H groups in total. The Morgan fingerprint density at radius 2 is 1.72 bits per heavy atom. The third kappa shape index (κ3) is 5.81. The van der Waals surface area contributed by atoms with Crippen molar-refractivity contribution in [2.45, 2.75) is 38.0 Å². The van der Waals surface area contributed by atoms with Crippen molar-refractivity contribution < 1.29 is 13.2 Å². The third-order valence-corrected chi connectivity index (χ3v) is 7.26. The number of sulfonamides is 1. The monoisotopic (exact) mass is 415 g/mol. The SMILES string of the molecule is Cc1ccc(S(=O)(=O)N2CCC(CCNC(=O)Nc3cccc(C)c3)CC2)cc1. The molecular formula is C22H29N3O3S. The molecule has 0 aliphatic carbocycles. The number of amides is 2. The Kier molecular flexibility index (Phi) is 6.92. The van der Waals surface area contributed by atoms with Gasteiger partial charge in [-0.2, -0.15) is 4.31 Å². The lowest BCUT2D eigenvalue weighted by Crippen LogP contribution is -2.39. The summed E-state index contributed by atoms with van der Waals surface area (Å²) in [6, 6.07) is 14.5. The molecule has 1 fully saturated rings. The number of hydrogen-bond acceptors (Lipinski definition) is 3. The number of carbonyl (C=O) groups excluding carboxylic acids is 1. The van der Waals surface area contributed by atoms with Crippen LogP contribution < -0.4 is 10.6 Å². The normalized spacial score (nSPS) is 15.8. The maximum Gasteiger partial charge on any atom is 0.319 e. The highest BCUT2D eigenvalue weighted by Crippen LogP contribution is 2.25. The smallest absolute Gasteiger partial charge is 0.319 e. The second-order valence-electron chi connectivity index (χ2n) is 7.70. The summed E-state index contributed by atoms with van der Waals surface area (Å²) >= 11 is 0. The van der Waals surface area contributed by atoms with E-state index in [0.29, 0.717) is 30.4 Å². The number of benzene rings is 2. The van der Waals surface area contributed by atoms with E-state index >= 15 is 0 Å². The number of rotatable bonds is 6. The number of piperidine rings is 1. The maximum atomic E-state index is 12.8. The van der Waals surface area contributed by atoms with Crippen molar-refractivity contribution in [3.63, 3.8) is 0 Å². The van der Waals surface area contributed by atoms with Crippen LogP contribution in [0.4, 0.5) is 10.5 Å². The number of anilines is 1. The van der Waals surface area contributed by atoms with Crippen molar-refractivity contribution in [3.05, 3.63) is 59.7 Å². The van der Waals surface area contributed by atoms with E-state index < -0.39 is 10.0 Å².